The molecule has 0 unspecified atom stereocenters. The van der Waals surface area contributed by atoms with E-state index in [0.717, 1.165) is 18.4 Å². The van der Waals surface area contributed by atoms with Gasteiger partial charge >= 0.3 is 5.97 Å². The van der Waals surface area contributed by atoms with Gasteiger partial charge in [-0.1, -0.05) is 42.0 Å². The van der Waals surface area contributed by atoms with Gasteiger partial charge in [0.25, 0.3) is 0 Å². The molecule has 1 aliphatic rings. The summed E-state index contributed by atoms with van der Waals surface area (Å²) in [4.78, 5) is 12.7. The van der Waals surface area contributed by atoms with Crippen molar-refractivity contribution in [2.45, 2.75) is 46.5 Å². The first kappa shape index (κ1) is 15.8. The number of carbonyl (C=O) groups excluding carboxylic acids is 1. The Hall–Kier alpha value is -1.57. The highest BCUT2D eigenvalue weighted by Gasteiger charge is 2.53. The van der Waals surface area contributed by atoms with Crippen LogP contribution in [0.1, 0.15) is 50.7 Å². The highest BCUT2D eigenvalue weighted by molar-refractivity contribution is 5.79. The molecule has 3 atom stereocenters. The van der Waals surface area contributed by atoms with Crippen LogP contribution in [-0.2, 0) is 9.53 Å². The standard InChI is InChI=1S/C19H26O2/c1-6-21-18(20)19(5)16(13(2)3)10-11-17(19)15-9-7-8-14(4)12-15/h7-9,12,16-17H,2,6,10-11H2,1,3-5H3/t16-,17-,19-/m1/s1. The van der Waals surface area contributed by atoms with E-state index in [-0.39, 0.29) is 17.8 Å². The van der Waals surface area contributed by atoms with E-state index in [1.54, 1.807) is 0 Å². The third-order valence-electron chi connectivity index (χ3n) is 4.95. The highest BCUT2D eigenvalue weighted by atomic mass is 16.5. The number of aryl methyl sites for hydroxylation is 1. The van der Waals surface area contributed by atoms with E-state index < -0.39 is 5.41 Å². The summed E-state index contributed by atoms with van der Waals surface area (Å²) in [6.45, 7) is 12.6. The summed E-state index contributed by atoms with van der Waals surface area (Å²) in [7, 11) is 0. The molecule has 0 amide bonds. The number of allylic oxidation sites excluding steroid dienone is 1. The number of esters is 1. The van der Waals surface area contributed by atoms with Gasteiger partial charge in [0.05, 0.1) is 12.0 Å². The SMILES string of the molecule is C=C(C)[C@H]1CC[C@H](c2cccc(C)c2)[C@]1(C)C(=O)OCC. The molecule has 0 spiro atoms. The molecular formula is C19H26O2. The summed E-state index contributed by atoms with van der Waals surface area (Å²) >= 11 is 0. The van der Waals surface area contributed by atoms with Crippen LogP contribution >= 0.6 is 0 Å². The second-order valence-electron chi connectivity index (χ2n) is 6.45. The van der Waals surface area contributed by atoms with Crippen molar-refractivity contribution in [2.75, 3.05) is 6.61 Å². The summed E-state index contributed by atoms with van der Waals surface area (Å²) in [5, 5.41) is 0. The molecule has 1 aromatic rings. The lowest BCUT2D eigenvalue weighted by Crippen LogP contribution is -2.38. The first-order valence-corrected chi connectivity index (χ1v) is 7.80. The Labute approximate surface area is 128 Å². The van der Waals surface area contributed by atoms with Gasteiger partial charge in [-0.2, -0.15) is 0 Å². The third-order valence-corrected chi connectivity index (χ3v) is 4.95. The Morgan fingerprint density at radius 2 is 2.14 bits per heavy atom. The monoisotopic (exact) mass is 286 g/mol. The van der Waals surface area contributed by atoms with Crippen LogP contribution in [0.4, 0.5) is 0 Å². The molecule has 2 nitrogen and oxygen atoms in total. The molecule has 0 N–H and O–H groups in total. The number of ether oxygens (including phenoxy) is 1. The van der Waals surface area contributed by atoms with Crippen LogP contribution in [0.5, 0.6) is 0 Å². The maximum atomic E-state index is 12.7. The smallest absolute Gasteiger partial charge is 0.313 e. The van der Waals surface area contributed by atoms with Crippen molar-refractivity contribution in [2.24, 2.45) is 11.3 Å². The van der Waals surface area contributed by atoms with E-state index in [1.807, 2.05) is 13.8 Å². The molecule has 1 aromatic carbocycles. The number of carbonyl (C=O) groups is 1. The van der Waals surface area contributed by atoms with Gasteiger partial charge < -0.3 is 4.74 Å². The Bertz CT molecular complexity index is 546. The van der Waals surface area contributed by atoms with Crippen molar-refractivity contribution in [1.29, 1.82) is 0 Å². The van der Waals surface area contributed by atoms with Crippen molar-refractivity contribution in [3.05, 3.63) is 47.5 Å². The van der Waals surface area contributed by atoms with E-state index in [2.05, 4.69) is 44.7 Å². The minimum atomic E-state index is -0.504. The van der Waals surface area contributed by atoms with Crippen molar-refractivity contribution in [3.63, 3.8) is 0 Å². The lowest BCUT2D eigenvalue weighted by atomic mass is 9.69. The summed E-state index contributed by atoms with van der Waals surface area (Å²) in [6, 6.07) is 8.50. The number of benzene rings is 1. The van der Waals surface area contributed by atoms with Gasteiger partial charge in [-0.25, -0.2) is 0 Å². The Morgan fingerprint density at radius 3 is 2.71 bits per heavy atom. The fourth-order valence-corrected chi connectivity index (χ4v) is 3.90. The van der Waals surface area contributed by atoms with Crippen molar-refractivity contribution in [1.82, 2.24) is 0 Å². The number of rotatable bonds is 4. The summed E-state index contributed by atoms with van der Waals surface area (Å²) in [6.07, 6.45) is 2.01. The van der Waals surface area contributed by atoms with Crippen LogP contribution in [0.15, 0.2) is 36.4 Å². The topological polar surface area (TPSA) is 26.3 Å². The summed E-state index contributed by atoms with van der Waals surface area (Å²) in [5.74, 6) is 0.321. The zero-order chi connectivity index (χ0) is 15.6. The van der Waals surface area contributed by atoms with Crippen molar-refractivity contribution in [3.8, 4) is 0 Å². The molecule has 2 heteroatoms. The average Bonchev–Trinajstić information content (AvgIpc) is 2.78. The maximum absolute atomic E-state index is 12.7. The molecule has 0 bridgehead atoms. The predicted octanol–water partition coefficient (Wildman–Crippen LogP) is 4.63. The van der Waals surface area contributed by atoms with Gasteiger partial charge in [-0.15, -0.1) is 0 Å². The highest BCUT2D eigenvalue weighted by Crippen LogP contribution is 2.55. The third kappa shape index (κ3) is 2.76. The second kappa shape index (κ2) is 6.05. The minimum absolute atomic E-state index is 0.0815. The lowest BCUT2D eigenvalue weighted by molar-refractivity contribution is -0.157. The van der Waals surface area contributed by atoms with E-state index in [9.17, 15) is 4.79 Å². The van der Waals surface area contributed by atoms with Gasteiger partial charge in [-0.05, 0) is 52.0 Å². The van der Waals surface area contributed by atoms with Gasteiger partial charge in [0.2, 0.25) is 0 Å². The first-order chi connectivity index (χ1) is 9.91. The molecule has 1 saturated carbocycles. The summed E-state index contributed by atoms with van der Waals surface area (Å²) in [5.41, 5.74) is 3.06. The summed E-state index contributed by atoms with van der Waals surface area (Å²) < 4.78 is 5.41. The molecule has 1 fully saturated rings. The molecule has 0 aliphatic heterocycles. The van der Waals surface area contributed by atoms with Crippen LogP contribution in [0.25, 0.3) is 0 Å². The van der Waals surface area contributed by atoms with Crippen LogP contribution in [0, 0.1) is 18.3 Å². The molecule has 114 valence electrons. The Balaban J connectivity index is 2.45. The van der Waals surface area contributed by atoms with Crippen molar-refractivity contribution >= 4 is 5.97 Å². The van der Waals surface area contributed by atoms with E-state index in [4.69, 9.17) is 4.74 Å². The number of hydrogen-bond donors (Lipinski definition) is 0. The number of hydrogen-bond acceptors (Lipinski definition) is 2. The first-order valence-electron chi connectivity index (χ1n) is 7.80. The Morgan fingerprint density at radius 1 is 1.43 bits per heavy atom. The molecule has 0 radical (unpaired) electrons. The largest absolute Gasteiger partial charge is 0.466 e. The normalized spacial score (nSPS) is 28.4. The minimum Gasteiger partial charge on any atom is -0.466 e. The fourth-order valence-electron chi connectivity index (χ4n) is 3.90. The van der Waals surface area contributed by atoms with Crippen LogP contribution < -0.4 is 0 Å². The van der Waals surface area contributed by atoms with Crippen LogP contribution in [0.3, 0.4) is 0 Å². The molecule has 21 heavy (non-hydrogen) atoms. The average molecular weight is 286 g/mol. The predicted molar refractivity (Wildman–Crippen MR) is 86.2 cm³/mol. The van der Waals surface area contributed by atoms with Gasteiger partial charge in [0.1, 0.15) is 0 Å². The second-order valence-corrected chi connectivity index (χ2v) is 6.45. The zero-order valence-corrected chi connectivity index (χ0v) is 13.6. The quantitative estimate of drug-likeness (QED) is 0.595. The molecule has 0 aromatic heterocycles. The van der Waals surface area contributed by atoms with E-state index >= 15 is 0 Å². The van der Waals surface area contributed by atoms with Gasteiger partial charge in [0.15, 0.2) is 0 Å². The van der Waals surface area contributed by atoms with Crippen LogP contribution in [-0.4, -0.2) is 12.6 Å². The van der Waals surface area contributed by atoms with Gasteiger partial charge in [-0.3, -0.25) is 4.79 Å². The Kier molecular flexibility index (Phi) is 4.55. The zero-order valence-electron chi connectivity index (χ0n) is 13.6. The molecule has 0 saturated heterocycles. The van der Waals surface area contributed by atoms with Crippen molar-refractivity contribution < 1.29 is 9.53 Å². The molecular weight excluding hydrogens is 260 g/mol. The maximum Gasteiger partial charge on any atom is 0.313 e. The molecule has 2 rings (SSSR count). The molecule has 0 heterocycles. The van der Waals surface area contributed by atoms with E-state index in [0.29, 0.717) is 6.61 Å². The van der Waals surface area contributed by atoms with E-state index in [1.165, 1.54) is 11.1 Å². The van der Waals surface area contributed by atoms with Crippen LogP contribution in [0.2, 0.25) is 0 Å². The fraction of sp³-hybridized carbons (Fsp3) is 0.526. The molecule has 1 aliphatic carbocycles. The van der Waals surface area contributed by atoms with Gasteiger partial charge in [0, 0.05) is 5.92 Å². The lowest BCUT2D eigenvalue weighted by Gasteiger charge is -2.35.